The number of carbonyl (C=O) groups excluding carboxylic acids is 1. The van der Waals surface area contributed by atoms with Crippen molar-refractivity contribution in [2.75, 3.05) is 30.3 Å². The highest BCUT2D eigenvalue weighted by Gasteiger charge is 2.03. The maximum atomic E-state index is 10.4. The summed E-state index contributed by atoms with van der Waals surface area (Å²) in [4.78, 5) is 22.4. The third-order valence-corrected chi connectivity index (χ3v) is 2.02. The van der Waals surface area contributed by atoms with Crippen LogP contribution in [0.15, 0.2) is 0 Å². The van der Waals surface area contributed by atoms with Crippen molar-refractivity contribution in [3.05, 3.63) is 5.28 Å². The van der Waals surface area contributed by atoms with Crippen LogP contribution >= 0.6 is 11.6 Å². The van der Waals surface area contributed by atoms with Gasteiger partial charge in [0, 0.05) is 19.6 Å². The van der Waals surface area contributed by atoms with Gasteiger partial charge in [-0.05, 0) is 18.0 Å². The highest BCUT2D eigenvalue weighted by atomic mass is 35.5. The molecule has 1 aromatic heterocycles. The van der Waals surface area contributed by atoms with E-state index in [1.54, 1.807) is 0 Å². The van der Waals surface area contributed by atoms with Crippen LogP contribution in [0.3, 0.4) is 0 Å². The molecule has 0 spiro atoms. The number of amides is 2. The van der Waals surface area contributed by atoms with Crippen molar-refractivity contribution in [2.24, 2.45) is 5.73 Å². The molecule has 0 fully saturated rings. The normalized spacial score (nSPS) is 9.89. The van der Waals surface area contributed by atoms with Crippen molar-refractivity contribution in [1.29, 1.82) is 0 Å². The molecule has 0 aliphatic rings. The molecule has 0 saturated heterocycles. The second-order valence-electron chi connectivity index (χ2n) is 3.40. The number of urea groups is 1. The highest BCUT2D eigenvalue weighted by molar-refractivity contribution is 6.28. The average Bonchev–Trinajstić information content (AvgIpc) is 2.31. The van der Waals surface area contributed by atoms with Crippen molar-refractivity contribution in [3.8, 4) is 0 Å². The summed E-state index contributed by atoms with van der Waals surface area (Å²) in [5.41, 5.74) is 4.92. The molecule has 0 aromatic carbocycles. The zero-order valence-electron chi connectivity index (χ0n) is 10.0. The third-order valence-electron chi connectivity index (χ3n) is 1.85. The topological polar surface area (TPSA) is 118 Å². The largest absolute Gasteiger partial charge is 0.354 e. The Morgan fingerprint density at radius 2 is 1.78 bits per heavy atom. The number of hydrogen-bond acceptors (Lipinski definition) is 6. The number of halogens is 1. The lowest BCUT2D eigenvalue weighted by Crippen LogP contribution is -2.33. The summed E-state index contributed by atoms with van der Waals surface area (Å²) >= 11 is 5.76. The number of nitrogens with zero attached hydrogens (tertiary/aromatic N) is 3. The number of carbonyl (C=O) groups is 1. The Morgan fingerprint density at radius 3 is 2.33 bits per heavy atom. The van der Waals surface area contributed by atoms with Gasteiger partial charge in [0.2, 0.25) is 17.2 Å². The van der Waals surface area contributed by atoms with Crippen molar-refractivity contribution >= 4 is 29.5 Å². The number of aromatic nitrogens is 3. The molecule has 1 rings (SSSR count). The number of primary amides is 1. The molecule has 0 bridgehead atoms. The van der Waals surface area contributed by atoms with Crippen molar-refractivity contribution in [1.82, 2.24) is 20.3 Å². The summed E-state index contributed by atoms with van der Waals surface area (Å²) in [7, 11) is 0. The van der Waals surface area contributed by atoms with Crippen LogP contribution < -0.4 is 21.7 Å². The van der Waals surface area contributed by atoms with Crippen LogP contribution in [0.1, 0.15) is 13.3 Å². The van der Waals surface area contributed by atoms with E-state index < -0.39 is 6.03 Å². The van der Waals surface area contributed by atoms with Crippen molar-refractivity contribution in [3.63, 3.8) is 0 Å². The van der Waals surface area contributed by atoms with E-state index in [-0.39, 0.29) is 5.28 Å². The highest BCUT2D eigenvalue weighted by Crippen LogP contribution is 2.08. The summed E-state index contributed by atoms with van der Waals surface area (Å²) in [5.74, 6) is 0.766. The van der Waals surface area contributed by atoms with Gasteiger partial charge < -0.3 is 21.7 Å². The zero-order chi connectivity index (χ0) is 13.4. The fourth-order valence-electron chi connectivity index (χ4n) is 1.11. The smallest absolute Gasteiger partial charge is 0.312 e. The van der Waals surface area contributed by atoms with Crippen LogP contribution in [0.2, 0.25) is 5.28 Å². The van der Waals surface area contributed by atoms with E-state index >= 15 is 0 Å². The van der Waals surface area contributed by atoms with Gasteiger partial charge in [-0.1, -0.05) is 6.92 Å². The lowest BCUT2D eigenvalue weighted by molar-refractivity contribution is 0.249. The first-order chi connectivity index (χ1) is 8.61. The molecular weight excluding hydrogens is 258 g/mol. The summed E-state index contributed by atoms with van der Waals surface area (Å²) in [5, 5.41) is 8.45. The second-order valence-corrected chi connectivity index (χ2v) is 3.73. The van der Waals surface area contributed by atoms with Gasteiger partial charge in [0.05, 0.1) is 0 Å². The van der Waals surface area contributed by atoms with Crippen LogP contribution in [0.4, 0.5) is 16.7 Å². The number of nitrogens with one attached hydrogen (secondary N) is 3. The van der Waals surface area contributed by atoms with E-state index in [1.807, 2.05) is 6.92 Å². The Hall–Kier alpha value is -1.83. The van der Waals surface area contributed by atoms with Gasteiger partial charge >= 0.3 is 6.03 Å². The van der Waals surface area contributed by atoms with Gasteiger partial charge in [-0.15, -0.1) is 0 Å². The minimum atomic E-state index is -0.573. The van der Waals surface area contributed by atoms with Crippen LogP contribution in [-0.4, -0.2) is 40.6 Å². The number of nitrogens with two attached hydrogens (primary N) is 1. The Bertz CT molecular complexity index is 401. The first kappa shape index (κ1) is 14.2. The summed E-state index contributed by atoms with van der Waals surface area (Å²) in [6.07, 6.45) is 0.953. The van der Waals surface area contributed by atoms with E-state index in [1.165, 1.54) is 0 Å². The molecule has 100 valence electrons. The molecule has 0 aliphatic heterocycles. The van der Waals surface area contributed by atoms with E-state index in [4.69, 9.17) is 17.3 Å². The van der Waals surface area contributed by atoms with Gasteiger partial charge in [-0.2, -0.15) is 15.0 Å². The van der Waals surface area contributed by atoms with Gasteiger partial charge in [0.1, 0.15) is 0 Å². The fourth-order valence-corrected chi connectivity index (χ4v) is 1.27. The SMILES string of the molecule is CCCNc1nc(Cl)nc(NCCNC(N)=O)n1. The molecule has 2 amide bonds. The minimum Gasteiger partial charge on any atom is -0.354 e. The average molecular weight is 274 g/mol. The predicted octanol–water partition coefficient (Wildman–Crippen LogP) is 0.427. The molecule has 0 unspecified atom stereocenters. The zero-order valence-corrected chi connectivity index (χ0v) is 10.8. The molecule has 1 heterocycles. The lowest BCUT2D eigenvalue weighted by Gasteiger charge is -2.07. The van der Waals surface area contributed by atoms with Gasteiger partial charge in [-0.3, -0.25) is 0 Å². The Kier molecular flexibility index (Phi) is 5.92. The molecule has 1 aromatic rings. The van der Waals surface area contributed by atoms with Gasteiger partial charge in [0.25, 0.3) is 0 Å². The van der Waals surface area contributed by atoms with Crippen LogP contribution in [0.5, 0.6) is 0 Å². The second kappa shape index (κ2) is 7.49. The summed E-state index contributed by atoms with van der Waals surface area (Å²) < 4.78 is 0. The third kappa shape index (κ3) is 5.48. The van der Waals surface area contributed by atoms with Crippen molar-refractivity contribution < 1.29 is 4.79 Å². The lowest BCUT2D eigenvalue weighted by atomic mass is 10.5. The maximum Gasteiger partial charge on any atom is 0.312 e. The molecule has 0 aliphatic carbocycles. The molecule has 0 saturated carbocycles. The molecule has 9 heteroatoms. The molecule has 0 radical (unpaired) electrons. The number of hydrogen-bond donors (Lipinski definition) is 4. The summed E-state index contributed by atoms with van der Waals surface area (Å²) in [6, 6.07) is -0.573. The van der Waals surface area contributed by atoms with Crippen molar-refractivity contribution in [2.45, 2.75) is 13.3 Å². The van der Waals surface area contributed by atoms with Crippen LogP contribution in [0, 0.1) is 0 Å². The minimum absolute atomic E-state index is 0.106. The number of rotatable bonds is 7. The molecule has 8 nitrogen and oxygen atoms in total. The van der Waals surface area contributed by atoms with E-state index in [0.717, 1.165) is 13.0 Å². The van der Waals surface area contributed by atoms with E-state index in [2.05, 4.69) is 30.9 Å². The van der Waals surface area contributed by atoms with Crippen LogP contribution in [-0.2, 0) is 0 Å². The molecule has 0 atom stereocenters. The number of anilines is 2. The molecular formula is C9H16ClN7O. The standard InChI is InChI=1S/C9H16ClN7O/c1-2-3-13-8-15-6(10)16-9(17-8)14-5-4-12-7(11)18/h2-5H2,1H3,(H3,11,12,18)(H2,13,14,15,16,17). The quantitative estimate of drug-likeness (QED) is 0.535. The Morgan fingerprint density at radius 1 is 1.17 bits per heavy atom. The summed E-state index contributed by atoms with van der Waals surface area (Å²) in [6.45, 7) is 3.60. The molecule has 18 heavy (non-hydrogen) atoms. The van der Waals surface area contributed by atoms with E-state index in [9.17, 15) is 4.79 Å². The first-order valence-electron chi connectivity index (χ1n) is 5.54. The monoisotopic (exact) mass is 273 g/mol. The van der Waals surface area contributed by atoms with E-state index in [0.29, 0.717) is 25.0 Å². The Balaban J connectivity index is 2.48. The predicted molar refractivity (Wildman–Crippen MR) is 69.7 cm³/mol. The van der Waals surface area contributed by atoms with Gasteiger partial charge in [0.15, 0.2) is 0 Å². The molecule has 5 N–H and O–H groups in total. The van der Waals surface area contributed by atoms with Gasteiger partial charge in [-0.25, -0.2) is 4.79 Å². The van der Waals surface area contributed by atoms with Crippen LogP contribution in [0.25, 0.3) is 0 Å². The maximum absolute atomic E-state index is 10.4. The Labute approximate surface area is 110 Å². The fraction of sp³-hybridized carbons (Fsp3) is 0.556. The first-order valence-corrected chi connectivity index (χ1v) is 5.92.